The van der Waals surface area contributed by atoms with Crippen molar-refractivity contribution in [1.82, 2.24) is 14.5 Å². The van der Waals surface area contributed by atoms with Gasteiger partial charge in [0, 0.05) is 32.6 Å². The molecule has 0 bridgehead atoms. The fraction of sp³-hybridized carbons (Fsp3) is 0.273. The van der Waals surface area contributed by atoms with Gasteiger partial charge in [0.1, 0.15) is 11.6 Å². The molecule has 5 nitrogen and oxygen atoms in total. The van der Waals surface area contributed by atoms with E-state index in [1.165, 1.54) is 17.7 Å². The molecule has 0 fully saturated rings. The number of carbonyl (C=O) groups is 1. The Hall–Kier alpha value is -2.99. The van der Waals surface area contributed by atoms with Gasteiger partial charge in [0.05, 0.1) is 18.7 Å². The van der Waals surface area contributed by atoms with Crippen LogP contribution in [-0.4, -0.2) is 40.6 Å². The zero-order valence-corrected chi connectivity index (χ0v) is 16.1. The van der Waals surface area contributed by atoms with Crippen LogP contribution in [0.1, 0.15) is 27.3 Å². The highest BCUT2D eigenvalue weighted by Gasteiger charge is 2.21. The first-order chi connectivity index (χ1) is 13.6. The number of carbonyl (C=O) groups excluding carboxylic acids is 1. The molecular formula is C22H24FN3O2. The van der Waals surface area contributed by atoms with E-state index in [2.05, 4.69) is 30.1 Å². The van der Waals surface area contributed by atoms with Crippen molar-refractivity contribution >= 4 is 5.91 Å². The van der Waals surface area contributed by atoms with E-state index >= 15 is 0 Å². The molecule has 0 saturated carbocycles. The number of hydrogen-bond donors (Lipinski definition) is 0. The van der Waals surface area contributed by atoms with E-state index in [4.69, 9.17) is 4.74 Å². The first-order valence-electron chi connectivity index (χ1n) is 9.17. The van der Waals surface area contributed by atoms with E-state index in [1.807, 2.05) is 16.8 Å². The van der Waals surface area contributed by atoms with E-state index in [-0.39, 0.29) is 18.0 Å². The van der Waals surface area contributed by atoms with E-state index in [0.717, 1.165) is 11.4 Å². The molecule has 0 radical (unpaired) electrons. The maximum absolute atomic E-state index is 14.1. The maximum Gasteiger partial charge on any atom is 0.257 e. The number of imidazole rings is 1. The van der Waals surface area contributed by atoms with Crippen LogP contribution in [0, 0.1) is 12.7 Å². The Morgan fingerprint density at radius 2 is 2.04 bits per heavy atom. The van der Waals surface area contributed by atoms with Crippen LogP contribution in [0.2, 0.25) is 0 Å². The number of amides is 1. The highest BCUT2D eigenvalue weighted by atomic mass is 19.1. The third-order valence-electron chi connectivity index (χ3n) is 4.53. The standard InChI is InChI=1S/C22H24FN3O2/c1-17-6-5-7-18(14-17)15-25-11-10-24-21(25)16-26(12-13-28-2)22(27)19-8-3-4-9-20(19)23/h3-11,14H,12-13,15-16H2,1-2H3. The van der Waals surface area contributed by atoms with Crippen molar-refractivity contribution in [3.63, 3.8) is 0 Å². The van der Waals surface area contributed by atoms with Crippen LogP contribution in [0.15, 0.2) is 60.9 Å². The summed E-state index contributed by atoms with van der Waals surface area (Å²) < 4.78 is 21.2. The average Bonchev–Trinajstić information content (AvgIpc) is 3.11. The molecule has 0 aliphatic carbocycles. The van der Waals surface area contributed by atoms with E-state index in [1.54, 1.807) is 30.3 Å². The second-order valence-electron chi connectivity index (χ2n) is 6.66. The summed E-state index contributed by atoms with van der Waals surface area (Å²) >= 11 is 0. The molecule has 3 aromatic rings. The van der Waals surface area contributed by atoms with Crippen molar-refractivity contribution in [3.8, 4) is 0 Å². The summed E-state index contributed by atoms with van der Waals surface area (Å²) in [5, 5.41) is 0. The number of ether oxygens (including phenoxy) is 1. The molecule has 0 aliphatic heterocycles. The second-order valence-corrected chi connectivity index (χ2v) is 6.66. The topological polar surface area (TPSA) is 47.4 Å². The van der Waals surface area contributed by atoms with Crippen molar-refractivity contribution in [2.45, 2.75) is 20.0 Å². The summed E-state index contributed by atoms with van der Waals surface area (Å²) in [6.07, 6.45) is 3.60. The minimum Gasteiger partial charge on any atom is -0.383 e. The molecule has 146 valence electrons. The van der Waals surface area contributed by atoms with Crippen LogP contribution in [0.3, 0.4) is 0 Å². The van der Waals surface area contributed by atoms with Gasteiger partial charge in [-0.05, 0) is 24.6 Å². The minimum atomic E-state index is -0.530. The molecule has 0 aliphatic rings. The number of halogens is 1. The minimum absolute atomic E-state index is 0.0513. The third kappa shape index (κ3) is 4.84. The Kier molecular flexibility index (Phi) is 6.55. The van der Waals surface area contributed by atoms with E-state index in [0.29, 0.717) is 19.7 Å². The lowest BCUT2D eigenvalue weighted by molar-refractivity contribution is 0.0668. The molecule has 0 atom stereocenters. The quantitative estimate of drug-likeness (QED) is 0.598. The fourth-order valence-electron chi connectivity index (χ4n) is 3.07. The van der Waals surface area contributed by atoms with Gasteiger partial charge in [0.2, 0.25) is 0 Å². The summed E-state index contributed by atoms with van der Waals surface area (Å²) in [7, 11) is 1.57. The van der Waals surface area contributed by atoms with Crippen LogP contribution >= 0.6 is 0 Å². The van der Waals surface area contributed by atoms with Gasteiger partial charge in [-0.1, -0.05) is 42.0 Å². The van der Waals surface area contributed by atoms with E-state index in [9.17, 15) is 9.18 Å². The molecule has 0 unspecified atom stereocenters. The van der Waals surface area contributed by atoms with Gasteiger partial charge in [0.25, 0.3) is 5.91 Å². The summed E-state index contributed by atoms with van der Waals surface area (Å²) in [6.45, 7) is 3.69. The Balaban J connectivity index is 1.81. The highest BCUT2D eigenvalue weighted by molar-refractivity contribution is 5.94. The van der Waals surface area contributed by atoms with E-state index < -0.39 is 5.82 Å². The van der Waals surface area contributed by atoms with Crippen molar-refractivity contribution in [3.05, 3.63) is 89.3 Å². The number of methoxy groups -OCH3 is 1. The Labute approximate surface area is 164 Å². The van der Waals surface area contributed by atoms with Crippen LogP contribution < -0.4 is 0 Å². The largest absolute Gasteiger partial charge is 0.383 e. The fourth-order valence-corrected chi connectivity index (χ4v) is 3.07. The predicted octanol–water partition coefficient (Wildman–Crippen LogP) is 3.67. The lowest BCUT2D eigenvalue weighted by Crippen LogP contribution is -2.35. The zero-order chi connectivity index (χ0) is 19.9. The Morgan fingerprint density at radius 1 is 1.21 bits per heavy atom. The van der Waals surface area contributed by atoms with Gasteiger partial charge < -0.3 is 14.2 Å². The molecule has 6 heteroatoms. The molecular weight excluding hydrogens is 357 g/mol. The monoisotopic (exact) mass is 381 g/mol. The maximum atomic E-state index is 14.1. The normalized spacial score (nSPS) is 10.8. The van der Waals surface area contributed by atoms with Gasteiger partial charge in [-0.3, -0.25) is 4.79 Å². The van der Waals surface area contributed by atoms with Crippen LogP contribution in [0.25, 0.3) is 0 Å². The van der Waals surface area contributed by atoms with Crippen LogP contribution in [-0.2, 0) is 17.8 Å². The molecule has 0 spiro atoms. The second kappa shape index (κ2) is 9.28. The first kappa shape index (κ1) is 19.8. The van der Waals surface area contributed by atoms with Gasteiger partial charge in [-0.25, -0.2) is 9.37 Å². The van der Waals surface area contributed by atoms with Gasteiger partial charge >= 0.3 is 0 Å². The van der Waals surface area contributed by atoms with Crippen molar-refractivity contribution in [2.24, 2.45) is 0 Å². The number of rotatable bonds is 8. The van der Waals surface area contributed by atoms with Crippen LogP contribution in [0.4, 0.5) is 4.39 Å². The Morgan fingerprint density at radius 3 is 2.79 bits per heavy atom. The SMILES string of the molecule is COCCN(Cc1nccn1Cc1cccc(C)c1)C(=O)c1ccccc1F. The first-order valence-corrected chi connectivity index (χ1v) is 9.17. The molecule has 0 saturated heterocycles. The summed E-state index contributed by atoms with van der Waals surface area (Å²) in [4.78, 5) is 18.9. The predicted molar refractivity (Wildman–Crippen MR) is 106 cm³/mol. The number of hydrogen-bond acceptors (Lipinski definition) is 3. The molecule has 0 N–H and O–H groups in total. The molecule has 1 aromatic heterocycles. The van der Waals surface area contributed by atoms with Crippen molar-refractivity contribution < 1.29 is 13.9 Å². The highest BCUT2D eigenvalue weighted by Crippen LogP contribution is 2.14. The van der Waals surface area contributed by atoms with Gasteiger partial charge in [0.15, 0.2) is 0 Å². The number of nitrogens with zero attached hydrogens (tertiary/aromatic N) is 3. The lowest BCUT2D eigenvalue weighted by Gasteiger charge is -2.23. The zero-order valence-electron chi connectivity index (χ0n) is 16.1. The van der Waals surface area contributed by atoms with Gasteiger partial charge in [-0.2, -0.15) is 0 Å². The summed E-state index contributed by atoms with van der Waals surface area (Å²) in [5.41, 5.74) is 2.40. The van der Waals surface area contributed by atoms with Crippen molar-refractivity contribution in [2.75, 3.05) is 20.3 Å². The molecule has 1 heterocycles. The summed E-state index contributed by atoms with van der Waals surface area (Å²) in [5.74, 6) is -0.166. The summed E-state index contributed by atoms with van der Waals surface area (Å²) in [6, 6.07) is 14.3. The molecule has 3 rings (SSSR count). The lowest BCUT2D eigenvalue weighted by atomic mass is 10.1. The molecule has 1 amide bonds. The third-order valence-corrected chi connectivity index (χ3v) is 4.53. The number of aryl methyl sites for hydroxylation is 1. The number of benzene rings is 2. The van der Waals surface area contributed by atoms with Gasteiger partial charge in [-0.15, -0.1) is 0 Å². The average molecular weight is 381 g/mol. The molecule has 28 heavy (non-hydrogen) atoms. The Bertz CT molecular complexity index is 939. The van der Waals surface area contributed by atoms with Crippen LogP contribution in [0.5, 0.6) is 0 Å². The smallest absolute Gasteiger partial charge is 0.257 e. The van der Waals surface area contributed by atoms with Crippen molar-refractivity contribution in [1.29, 1.82) is 0 Å². The number of aromatic nitrogens is 2. The molecule has 2 aromatic carbocycles.